The zero-order valence-electron chi connectivity index (χ0n) is 30.5. The molecule has 0 saturated carbocycles. The normalized spacial score (nSPS) is 15.4. The van der Waals surface area contributed by atoms with Crippen LogP contribution in [-0.4, -0.2) is 15.0 Å². The summed E-state index contributed by atoms with van der Waals surface area (Å²) in [5.41, 5.74) is 13.3. The zero-order valence-corrected chi connectivity index (χ0v) is 30.5. The molecule has 4 heteroatoms. The first kappa shape index (κ1) is 32.3. The lowest BCUT2D eigenvalue weighted by Gasteiger charge is -2.39. The zero-order chi connectivity index (χ0) is 37.1. The van der Waals surface area contributed by atoms with Crippen LogP contribution in [-0.2, 0) is 5.41 Å². The van der Waals surface area contributed by atoms with Crippen LogP contribution in [0.2, 0.25) is 0 Å². The van der Waals surface area contributed by atoms with Crippen LogP contribution >= 0.6 is 0 Å². The van der Waals surface area contributed by atoms with E-state index in [9.17, 15) is 0 Å². The van der Waals surface area contributed by atoms with Gasteiger partial charge in [-0.15, -0.1) is 0 Å². The van der Waals surface area contributed by atoms with Crippen molar-refractivity contribution in [3.63, 3.8) is 0 Å². The molecule has 56 heavy (non-hydrogen) atoms. The molecule has 1 atom stereocenters. The highest BCUT2D eigenvalue weighted by Crippen LogP contribution is 2.62. The quantitative estimate of drug-likeness (QED) is 0.178. The maximum Gasteiger partial charge on any atom is 0.163 e. The Kier molecular flexibility index (Phi) is 7.49. The molecule has 1 unspecified atom stereocenters. The minimum absolute atomic E-state index is 0.102. The Morgan fingerprint density at radius 1 is 0.429 bits per heavy atom. The summed E-state index contributed by atoms with van der Waals surface area (Å²) in [7, 11) is 0. The van der Waals surface area contributed by atoms with Crippen LogP contribution in [0.3, 0.4) is 0 Å². The fraction of sp³-hybridized carbons (Fsp3) is 0.0577. The van der Waals surface area contributed by atoms with E-state index in [0.29, 0.717) is 11.6 Å². The number of benzene rings is 7. The van der Waals surface area contributed by atoms with E-state index in [-0.39, 0.29) is 5.92 Å². The first-order valence-electron chi connectivity index (χ1n) is 19.2. The minimum Gasteiger partial charge on any atom is -0.457 e. The average molecular weight is 718 g/mol. The Morgan fingerprint density at radius 2 is 0.982 bits per heavy atom. The minimum atomic E-state index is -0.509. The fourth-order valence-electron chi connectivity index (χ4n) is 8.93. The third kappa shape index (κ3) is 5.10. The molecular formula is C52H35N3O. The monoisotopic (exact) mass is 717 g/mol. The second kappa shape index (κ2) is 13.0. The molecule has 0 radical (unpaired) electrons. The summed E-state index contributed by atoms with van der Waals surface area (Å²) < 4.78 is 6.69. The summed E-state index contributed by atoms with van der Waals surface area (Å²) in [5, 5.41) is 0. The lowest BCUT2D eigenvalue weighted by atomic mass is 9.66. The van der Waals surface area contributed by atoms with Crippen molar-refractivity contribution < 1.29 is 4.74 Å². The summed E-state index contributed by atoms with van der Waals surface area (Å²) in [5.74, 6) is 4.03. The Bertz CT molecular complexity index is 2840. The van der Waals surface area contributed by atoms with Crippen LogP contribution in [0.25, 0.3) is 56.2 Å². The second-order valence-electron chi connectivity index (χ2n) is 14.7. The molecule has 2 heterocycles. The Labute approximate surface area is 326 Å². The van der Waals surface area contributed by atoms with Gasteiger partial charge in [0, 0.05) is 28.2 Å². The molecule has 2 aliphatic carbocycles. The maximum absolute atomic E-state index is 6.69. The number of hydrogen-bond donors (Lipinski definition) is 0. The van der Waals surface area contributed by atoms with E-state index in [1.54, 1.807) is 0 Å². The topological polar surface area (TPSA) is 47.9 Å². The van der Waals surface area contributed by atoms with Crippen molar-refractivity contribution in [1.29, 1.82) is 0 Å². The van der Waals surface area contributed by atoms with Crippen molar-refractivity contribution >= 4 is 0 Å². The molecule has 1 aliphatic heterocycles. The predicted octanol–water partition coefficient (Wildman–Crippen LogP) is 12.6. The van der Waals surface area contributed by atoms with Gasteiger partial charge < -0.3 is 4.74 Å². The van der Waals surface area contributed by atoms with Gasteiger partial charge in [0.1, 0.15) is 17.3 Å². The van der Waals surface area contributed by atoms with Gasteiger partial charge in [-0.25, -0.2) is 15.0 Å². The highest BCUT2D eigenvalue weighted by atomic mass is 16.5. The lowest BCUT2D eigenvalue weighted by molar-refractivity contribution is 0.436. The summed E-state index contributed by atoms with van der Waals surface area (Å²) in [6.07, 6.45) is 9.36. The van der Waals surface area contributed by atoms with Crippen LogP contribution in [0, 0.1) is 0 Å². The first-order valence-corrected chi connectivity index (χ1v) is 19.2. The summed E-state index contributed by atoms with van der Waals surface area (Å²) >= 11 is 0. The molecule has 1 spiro atoms. The molecule has 264 valence electrons. The smallest absolute Gasteiger partial charge is 0.163 e. The molecule has 4 nitrogen and oxygen atoms in total. The number of fused-ring (bicyclic) bond motifs is 9. The molecule has 11 rings (SSSR count). The molecular weight excluding hydrogens is 683 g/mol. The Balaban J connectivity index is 1.02. The molecule has 8 aromatic rings. The van der Waals surface area contributed by atoms with E-state index in [1.807, 2.05) is 18.2 Å². The van der Waals surface area contributed by atoms with Crippen LogP contribution in [0.5, 0.6) is 11.5 Å². The predicted molar refractivity (Wildman–Crippen MR) is 225 cm³/mol. The SMILES string of the molecule is C1=CCC(c2nc(-c3ccccc3)nc(-c3cccc(-c4cccc(-c5ccc6c(c5)C5(c7ccccc7O6)c6ccccc6-c6ccccc65)c4)c3)n2)C=C1. The summed E-state index contributed by atoms with van der Waals surface area (Å²) in [6, 6.07) is 60.5. The van der Waals surface area contributed by atoms with Crippen LogP contribution in [0.15, 0.2) is 194 Å². The molecule has 0 saturated heterocycles. The number of hydrogen-bond acceptors (Lipinski definition) is 4. The average Bonchev–Trinajstić information content (AvgIpc) is 3.57. The van der Waals surface area contributed by atoms with Crippen LogP contribution < -0.4 is 4.74 Å². The van der Waals surface area contributed by atoms with Gasteiger partial charge in [0.2, 0.25) is 0 Å². The van der Waals surface area contributed by atoms with E-state index < -0.39 is 5.41 Å². The molecule has 3 aliphatic rings. The summed E-state index contributed by atoms with van der Waals surface area (Å²) in [4.78, 5) is 15.0. The first-order chi connectivity index (χ1) is 27.7. The molecule has 7 aromatic carbocycles. The van der Waals surface area contributed by atoms with Gasteiger partial charge in [-0.05, 0) is 81.3 Å². The largest absolute Gasteiger partial charge is 0.457 e. The standard InChI is InChI=1S/C52H35N3O/c1-3-15-34(16-4-1)49-53-50(35-17-5-2-6-18-35)55-51(54-49)40-22-14-21-38(32-40)36-19-13-20-37(31-36)39-29-30-48-46(33-39)52(45-27-11-12-28-47(45)56-48)43-25-9-7-23-41(43)42-24-8-10-26-44(42)52/h1-17,19-33,35H,18H2. The van der Waals surface area contributed by atoms with Gasteiger partial charge in [0.15, 0.2) is 11.6 Å². The van der Waals surface area contributed by atoms with Gasteiger partial charge >= 0.3 is 0 Å². The van der Waals surface area contributed by atoms with Gasteiger partial charge in [-0.1, -0.05) is 164 Å². The molecule has 0 fully saturated rings. The van der Waals surface area contributed by atoms with Crippen molar-refractivity contribution in [3.05, 3.63) is 222 Å². The Hall–Kier alpha value is -7.17. The lowest BCUT2D eigenvalue weighted by Crippen LogP contribution is -2.32. The van der Waals surface area contributed by atoms with Crippen molar-refractivity contribution in [3.8, 4) is 67.7 Å². The molecule has 1 aromatic heterocycles. The van der Waals surface area contributed by atoms with Crippen LogP contribution in [0.4, 0.5) is 0 Å². The van der Waals surface area contributed by atoms with Crippen molar-refractivity contribution in [2.75, 3.05) is 0 Å². The van der Waals surface area contributed by atoms with E-state index >= 15 is 0 Å². The third-order valence-corrected chi connectivity index (χ3v) is 11.5. The maximum atomic E-state index is 6.69. The van der Waals surface area contributed by atoms with Crippen molar-refractivity contribution in [1.82, 2.24) is 15.0 Å². The number of allylic oxidation sites excluding steroid dienone is 4. The van der Waals surface area contributed by atoms with Crippen LogP contribution in [0.1, 0.15) is 40.4 Å². The fourth-order valence-corrected chi connectivity index (χ4v) is 8.93. The number of rotatable bonds is 5. The highest BCUT2D eigenvalue weighted by molar-refractivity contribution is 5.89. The van der Waals surface area contributed by atoms with E-state index in [4.69, 9.17) is 19.7 Å². The van der Waals surface area contributed by atoms with E-state index in [2.05, 4.69) is 176 Å². The number of aromatic nitrogens is 3. The number of ether oxygens (including phenoxy) is 1. The van der Waals surface area contributed by atoms with E-state index in [0.717, 1.165) is 62.7 Å². The van der Waals surface area contributed by atoms with Gasteiger partial charge in [-0.2, -0.15) is 0 Å². The van der Waals surface area contributed by atoms with Gasteiger partial charge in [-0.3, -0.25) is 0 Å². The van der Waals surface area contributed by atoms with E-state index in [1.165, 1.54) is 27.8 Å². The van der Waals surface area contributed by atoms with Crippen molar-refractivity contribution in [2.24, 2.45) is 0 Å². The number of nitrogens with zero attached hydrogens (tertiary/aromatic N) is 3. The van der Waals surface area contributed by atoms with Crippen molar-refractivity contribution in [2.45, 2.75) is 17.8 Å². The van der Waals surface area contributed by atoms with Gasteiger partial charge in [0.05, 0.1) is 5.41 Å². The molecule has 0 amide bonds. The third-order valence-electron chi connectivity index (χ3n) is 11.5. The second-order valence-corrected chi connectivity index (χ2v) is 14.7. The molecule has 0 N–H and O–H groups in total. The van der Waals surface area contributed by atoms with Gasteiger partial charge in [0.25, 0.3) is 0 Å². The molecule has 0 bridgehead atoms. The number of para-hydroxylation sites is 1. The Morgan fingerprint density at radius 3 is 1.68 bits per heavy atom. The highest BCUT2D eigenvalue weighted by Gasteiger charge is 2.51. The summed E-state index contributed by atoms with van der Waals surface area (Å²) in [6.45, 7) is 0.